The van der Waals surface area contributed by atoms with E-state index in [1.54, 1.807) is 47.4 Å². The van der Waals surface area contributed by atoms with Gasteiger partial charge in [0.2, 0.25) is 5.91 Å². The molecule has 0 atom stereocenters. The molecule has 4 rings (SSSR count). The topological polar surface area (TPSA) is 108 Å². The summed E-state index contributed by atoms with van der Waals surface area (Å²) in [4.78, 5) is 41.9. The first-order valence-corrected chi connectivity index (χ1v) is 10.1. The van der Waals surface area contributed by atoms with Crippen molar-refractivity contribution in [2.45, 2.75) is 12.8 Å². The van der Waals surface area contributed by atoms with Crippen LogP contribution >= 0.6 is 11.6 Å². The highest BCUT2D eigenvalue weighted by Gasteiger charge is 2.27. The Morgan fingerprint density at radius 2 is 1.80 bits per heavy atom. The van der Waals surface area contributed by atoms with Gasteiger partial charge in [-0.05, 0) is 43.2 Å². The molecular weight excluding hydrogens is 404 g/mol. The first kappa shape index (κ1) is 20.0. The Balaban J connectivity index is 1.52. The lowest BCUT2D eigenvalue weighted by molar-refractivity contribution is -0.123. The first-order valence-electron chi connectivity index (χ1n) is 9.69. The standard InChI is InChI=1S/C22H21ClN4O3/c23-15-6-5-14-11-19(25-18(14)12-15)21(29)26-17-4-2-1-3-16(17)22(30)27-9-7-13(8-10-27)20(24)28/h1-6,11-13,25H,7-10H2,(H2,24,28)(H,26,29). The Hall–Kier alpha value is -3.32. The molecule has 154 valence electrons. The molecule has 7 nitrogen and oxygen atoms in total. The minimum absolute atomic E-state index is 0.183. The summed E-state index contributed by atoms with van der Waals surface area (Å²) >= 11 is 6.00. The molecule has 2 aromatic carbocycles. The number of rotatable bonds is 4. The lowest BCUT2D eigenvalue weighted by Gasteiger charge is -2.31. The summed E-state index contributed by atoms with van der Waals surface area (Å²) in [5, 5.41) is 4.27. The number of fused-ring (bicyclic) bond motifs is 1. The van der Waals surface area contributed by atoms with Crippen LogP contribution < -0.4 is 11.1 Å². The number of aromatic amines is 1. The van der Waals surface area contributed by atoms with Crippen molar-refractivity contribution in [3.05, 3.63) is 64.8 Å². The molecule has 0 spiro atoms. The van der Waals surface area contributed by atoms with Crippen LogP contribution in [0.25, 0.3) is 10.9 Å². The number of amides is 3. The Bertz CT molecular complexity index is 1130. The van der Waals surface area contributed by atoms with Gasteiger partial charge in [-0.1, -0.05) is 29.8 Å². The molecule has 4 N–H and O–H groups in total. The molecule has 1 saturated heterocycles. The summed E-state index contributed by atoms with van der Waals surface area (Å²) < 4.78 is 0. The maximum atomic E-state index is 13.0. The normalized spacial score (nSPS) is 14.6. The predicted molar refractivity (Wildman–Crippen MR) is 116 cm³/mol. The van der Waals surface area contributed by atoms with E-state index in [9.17, 15) is 14.4 Å². The molecule has 0 radical (unpaired) electrons. The number of para-hydroxylation sites is 1. The van der Waals surface area contributed by atoms with Crippen LogP contribution in [-0.2, 0) is 4.79 Å². The third-order valence-corrected chi connectivity index (χ3v) is 5.65. The van der Waals surface area contributed by atoms with Gasteiger partial charge >= 0.3 is 0 Å². The number of carbonyl (C=O) groups is 3. The SMILES string of the molecule is NC(=O)C1CCN(C(=O)c2ccccc2NC(=O)c2cc3ccc(Cl)cc3[nH]2)CC1. The maximum Gasteiger partial charge on any atom is 0.272 e. The average molecular weight is 425 g/mol. The maximum absolute atomic E-state index is 13.0. The Morgan fingerprint density at radius 3 is 2.53 bits per heavy atom. The second-order valence-electron chi connectivity index (χ2n) is 7.38. The second-order valence-corrected chi connectivity index (χ2v) is 7.82. The van der Waals surface area contributed by atoms with E-state index in [2.05, 4.69) is 10.3 Å². The molecule has 0 saturated carbocycles. The molecule has 1 aliphatic heterocycles. The number of hydrogen-bond donors (Lipinski definition) is 3. The van der Waals surface area contributed by atoms with E-state index in [1.165, 1.54) is 0 Å². The summed E-state index contributed by atoms with van der Waals surface area (Å²) in [6, 6.07) is 14.0. The fourth-order valence-electron chi connectivity index (χ4n) is 3.73. The van der Waals surface area contributed by atoms with Gasteiger partial charge in [0.1, 0.15) is 5.69 Å². The van der Waals surface area contributed by atoms with E-state index < -0.39 is 0 Å². The molecular formula is C22H21ClN4O3. The van der Waals surface area contributed by atoms with Gasteiger partial charge < -0.3 is 20.9 Å². The third-order valence-electron chi connectivity index (χ3n) is 5.42. The molecule has 3 amide bonds. The van der Waals surface area contributed by atoms with Gasteiger partial charge in [-0.3, -0.25) is 14.4 Å². The number of primary amides is 1. The first-order chi connectivity index (χ1) is 14.4. The number of halogens is 1. The summed E-state index contributed by atoms with van der Waals surface area (Å²) in [6.07, 6.45) is 1.10. The molecule has 8 heteroatoms. The smallest absolute Gasteiger partial charge is 0.272 e. The summed E-state index contributed by atoms with van der Waals surface area (Å²) in [5.41, 5.74) is 7.34. The molecule has 2 heterocycles. The fraction of sp³-hybridized carbons (Fsp3) is 0.227. The molecule has 0 bridgehead atoms. The van der Waals surface area contributed by atoms with Gasteiger partial charge in [0.05, 0.1) is 11.3 Å². The number of H-pyrrole nitrogens is 1. The number of piperidine rings is 1. The van der Waals surface area contributed by atoms with Gasteiger partial charge in [0.15, 0.2) is 0 Å². The number of likely N-dealkylation sites (tertiary alicyclic amines) is 1. The number of anilines is 1. The molecule has 0 unspecified atom stereocenters. The minimum Gasteiger partial charge on any atom is -0.369 e. The van der Waals surface area contributed by atoms with Crippen molar-refractivity contribution < 1.29 is 14.4 Å². The van der Waals surface area contributed by atoms with E-state index in [0.717, 1.165) is 10.9 Å². The van der Waals surface area contributed by atoms with Gasteiger partial charge in [0.25, 0.3) is 11.8 Å². The zero-order chi connectivity index (χ0) is 21.3. The number of nitrogens with two attached hydrogens (primary N) is 1. The molecule has 1 aromatic heterocycles. The van der Waals surface area contributed by atoms with E-state index >= 15 is 0 Å². The number of nitrogens with one attached hydrogen (secondary N) is 2. The Labute approximate surface area is 178 Å². The predicted octanol–water partition coefficient (Wildman–Crippen LogP) is 3.41. The van der Waals surface area contributed by atoms with Crippen molar-refractivity contribution in [3.8, 4) is 0 Å². The zero-order valence-electron chi connectivity index (χ0n) is 16.2. The lowest BCUT2D eigenvalue weighted by Crippen LogP contribution is -2.42. The van der Waals surface area contributed by atoms with E-state index in [4.69, 9.17) is 17.3 Å². The van der Waals surface area contributed by atoms with Crippen molar-refractivity contribution in [1.29, 1.82) is 0 Å². The van der Waals surface area contributed by atoms with Crippen LogP contribution in [0.1, 0.15) is 33.7 Å². The van der Waals surface area contributed by atoms with Crippen LogP contribution in [0, 0.1) is 5.92 Å². The zero-order valence-corrected chi connectivity index (χ0v) is 16.9. The summed E-state index contributed by atoms with van der Waals surface area (Å²) in [5.74, 6) is -1.05. The number of nitrogens with zero attached hydrogens (tertiary/aromatic N) is 1. The van der Waals surface area contributed by atoms with Crippen molar-refractivity contribution in [2.24, 2.45) is 11.7 Å². The number of benzene rings is 2. The number of hydrogen-bond acceptors (Lipinski definition) is 3. The minimum atomic E-state index is -0.352. The van der Waals surface area contributed by atoms with Crippen LogP contribution in [0.3, 0.4) is 0 Å². The Kier molecular flexibility index (Phi) is 5.46. The van der Waals surface area contributed by atoms with Crippen LogP contribution in [0.15, 0.2) is 48.5 Å². The van der Waals surface area contributed by atoms with Gasteiger partial charge in [-0.15, -0.1) is 0 Å². The second kappa shape index (κ2) is 8.20. The highest BCUT2D eigenvalue weighted by atomic mass is 35.5. The molecule has 1 aliphatic rings. The molecule has 30 heavy (non-hydrogen) atoms. The monoisotopic (exact) mass is 424 g/mol. The van der Waals surface area contributed by atoms with Crippen molar-refractivity contribution in [1.82, 2.24) is 9.88 Å². The fourth-order valence-corrected chi connectivity index (χ4v) is 3.90. The van der Waals surface area contributed by atoms with Crippen LogP contribution in [0.2, 0.25) is 5.02 Å². The van der Waals surface area contributed by atoms with Crippen molar-refractivity contribution in [2.75, 3.05) is 18.4 Å². The highest BCUT2D eigenvalue weighted by Crippen LogP contribution is 2.24. The Morgan fingerprint density at radius 1 is 1.07 bits per heavy atom. The highest BCUT2D eigenvalue weighted by molar-refractivity contribution is 6.31. The third kappa shape index (κ3) is 4.02. The van der Waals surface area contributed by atoms with Crippen molar-refractivity contribution in [3.63, 3.8) is 0 Å². The number of aromatic nitrogens is 1. The summed E-state index contributed by atoms with van der Waals surface area (Å²) in [7, 11) is 0. The lowest BCUT2D eigenvalue weighted by atomic mass is 9.95. The van der Waals surface area contributed by atoms with Gasteiger partial charge in [-0.25, -0.2) is 0 Å². The number of carbonyl (C=O) groups excluding carboxylic acids is 3. The van der Waals surface area contributed by atoms with E-state index in [-0.39, 0.29) is 23.6 Å². The van der Waals surface area contributed by atoms with Gasteiger partial charge in [-0.2, -0.15) is 0 Å². The quantitative estimate of drug-likeness (QED) is 0.597. The molecule has 0 aliphatic carbocycles. The van der Waals surface area contributed by atoms with E-state index in [0.29, 0.717) is 47.9 Å². The average Bonchev–Trinajstić information content (AvgIpc) is 3.17. The van der Waals surface area contributed by atoms with Gasteiger partial charge in [0, 0.05) is 34.9 Å². The van der Waals surface area contributed by atoms with Crippen LogP contribution in [0.4, 0.5) is 5.69 Å². The van der Waals surface area contributed by atoms with Crippen molar-refractivity contribution >= 4 is 45.9 Å². The molecule has 3 aromatic rings. The summed E-state index contributed by atoms with van der Waals surface area (Å²) in [6.45, 7) is 0.912. The largest absolute Gasteiger partial charge is 0.369 e. The van der Waals surface area contributed by atoms with Crippen LogP contribution in [-0.4, -0.2) is 40.7 Å². The van der Waals surface area contributed by atoms with E-state index in [1.807, 2.05) is 6.07 Å². The van der Waals surface area contributed by atoms with Crippen LogP contribution in [0.5, 0.6) is 0 Å². The molecule has 1 fully saturated rings.